The molecule has 3 aromatic rings. The van der Waals surface area contributed by atoms with Crippen LogP contribution in [0, 0.1) is 10.2 Å². The monoisotopic (exact) mass is 408 g/mol. The molecule has 29 heavy (non-hydrogen) atoms. The van der Waals surface area contributed by atoms with Gasteiger partial charge in [0.2, 0.25) is 5.91 Å². The van der Waals surface area contributed by atoms with Gasteiger partial charge in [-0.15, -0.1) is 0 Å². The number of H-pyrrole nitrogens is 1. The Morgan fingerprint density at radius 1 is 1.17 bits per heavy atom. The van der Waals surface area contributed by atoms with Crippen LogP contribution in [0.15, 0.2) is 54.9 Å². The number of benzene rings is 2. The van der Waals surface area contributed by atoms with Crippen molar-refractivity contribution >= 4 is 35.4 Å². The van der Waals surface area contributed by atoms with Gasteiger partial charge in [0.1, 0.15) is 6.33 Å². The quantitative estimate of drug-likeness (QED) is 0.577. The third kappa shape index (κ3) is 3.77. The summed E-state index contributed by atoms with van der Waals surface area (Å²) in [5, 5.41) is 11.3. The van der Waals surface area contributed by atoms with Crippen LogP contribution in [0.25, 0.3) is 5.69 Å². The van der Waals surface area contributed by atoms with Gasteiger partial charge in [0, 0.05) is 11.3 Å². The van der Waals surface area contributed by atoms with Crippen molar-refractivity contribution in [2.75, 3.05) is 16.9 Å². The first-order chi connectivity index (χ1) is 13.8. The van der Waals surface area contributed by atoms with Gasteiger partial charge in [-0.05, 0) is 68.5 Å². The second-order valence-corrected chi connectivity index (χ2v) is 7.88. The number of carbonyl (C=O) groups is 2. The van der Waals surface area contributed by atoms with Crippen molar-refractivity contribution in [2.24, 2.45) is 5.41 Å². The van der Waals surface area contributed by atoms with Crippen LogP contribution in [-0.4, -0.2) is 33.1 Å². The van der Waals surface area contributed by atoms with E-state index in [1.807, 2.05) is 44.2 Å². The molecule has 1 aromatic heterocycles. The number of amides is 2. The van der Waals surface area contributed by atoms with Crippen LogP contribution in [0.2, 0.25) is 0 Å². The van der Waals surface area contributed by atoms with Crippen LogP contribution >= 0.6 is 12.2 Å². The van der Waals surface area contributed by atoms with Crippen molar-refractivity contribution in [3.63, 3.8) is 0 Å². The predicted molar refractivity (Wildman–Crippen MR) is 112 cm³/mol. The van der Waals surface area contributed by atoms with E-state index in [1.165, 1.54) is 0 Å². The summed E-state index contributed by atoms with van der Waals surface area (Å²) in [5.41, 5.74) is 5.19. The molecule has 1 aliphatic heterocycles. The van der Waals surface area contributed by atoms with E-state index in [9.17, 15) is 9.59 Å². The molecule has 1 saturated heterocycles. The molecule has 2 amide bonds. The van der Waals surface area contributed by atoms with E-state index in [2.05, 4.69) is 20.9 Å². The summed E-state index contributed by atoms with van der Waals surface area (Å²) in [7, 11) is 0. The molecule has 2 aromatic carbocycles. The van der Waals surface area contributed by atoms with Crippen LogP contribution < -0.4 is 15.8 Å². The molecule has 0 radical (unpaired) electrons. The second-order valence-electron chi connectivity index (χ2n) is 7.49. The third-order valence-corrected chi connectivity index (χ3v) is 5.07. The summed E-state index contributed by atoms with van der Waals surface area (Å²) < 4.78 is 2.19. The van der Waals surface area contributed by atoms with Crippen LogP contribution in [0.5, 0.6) is 0 Å². The van der Waals surface area contributed by atoms with E-state index in [4.69, 9.17) is 12.2 Å². The molecule has 1 aliphatic rings. The van der Waals surface area contributed by atoms with Gasteiger partial charge in [0.15, 0.2) is 4.77 Å². The molecule has 8 nitrogen and oxygen atoms in total. The fourth-order valence-corrected chi connectivity index (χ4v) is 3.30. The first-order valence-corrected chi connectivity index (χ1v) is 9.47. The molecular weight excluding hydrogens is 388 g/mol. The molecule has 0 spiro atoms. The van der Waals surface area contributed by atoms with Crippen molar-refractivity contribution in [1.82, 2.24) is 20.2 Å². The van der Waals surface area contributed by atoms with Crippen molar-refractivity contribution in [3.05, 3.63) is 65.2 Å². The zero-order valence-electron chi connectivity index (χ0n) is 16.0. The zero-order chi connectivity index (χ0) is 20.6. The molecule has 0 saturated carbocycles. The average molecular weight is 408 g/mol. The van der Waals surface area contributed by atoms with Crippen LogP contribution in [0.4, 0.5) is 11.4 Å². The number of aromatic amines is 1. The van der Waals surface area contributed by atoms with E-state index < -0.39 is 5.41 Å². The Bertz CT molecular complexity index is 1130. The number of aromatic nitrogens is 3. The minimum atomic E-state index is -0.445. The standard InChI is InChI=1S/C20H20N6O2S/c1-20(2)11-26(24-18(20)28)15-8-6-13(7-9-15)17(27)22-14-4-3-5-16(10-14)25-12-21-23-19(25)29/h3-10,12H,11H2,1-2H3,(H,22,27)(H,23,29)(H,24,28). The smallest absolute Gasteiger partial charge is 0.255 e. The van der Waals surface area contributed by atoms with E-state index in [0.717, 1.165) is 11.4 Å². The van der Waals surface area contributed by atoms with Gasteiger partial charge < -0.3 is 5.32 Å². The maximum Gasteiger partial charge on any atom is 0.255 e. The Hall–Kier alpha value is -3.46. The molecular formula is C20H20N6O2S. The molecule has 2 heterocycles. The van der Waals surface area contributed by atoms with Crippen molar-refractivity contribution in [3.8, 4) is 5.69 Å². The summed E-state index contributed by atoms with van der Waals surface area (Å²) in [6.07, 6.45) is 1.58. The highest BCUT2D eigenvalue weighted by Crippen LogP contribution is 2.27. The van der Waals surface area contributed by atoms with Crippen molar-refractivity contribution in [2.45, 2.75) is 13.8 Å². The normalized spacial score (nSPS) is 15.2. The van der Waals surface area contributed by atoms with Gasteiger partial charge in [-0.1, -0.05) is 6.07 Å². The number of hydrogen-bond acceptors (Lipinski definition) is 5. The molecule has 3 N–H and O–H groups in total. The zero-order valence-corrected chi connectivity index (χ0v) is 16.8. The van der Waals surface area contributed by atoms with Gasteiger partial charge in [-0.2, -0.15) is 5.10 Å². The number of carbonyl (C=O) groups excluding carboxylic acids is 2. The van der Waals surface area contributed by atoms with E-state index in [-0.39, 0.29) is 11.8 Å². The fourth-order valence-electron chi connectivity index (χ4n) is 3.10. The molecule has 4 rings (SSSR count). The molecule has 148 valence electrons. The molecule has 0 aliphatic carbocycles. The maximum atomic E-state index is 12.6. The molecule has 0 unspecified atom stereocenters. The fraction of sp³-hybridized carbons (Fsp3) is 0.200. The number of hydrazine groups is 1. The number of anilines is 2. The molecule has 9 heteroatoms. The maximum absolute atomic E-state index is 12.6. The lowest BCUT2D eigenvalue weighted by atomic mass is 9.94. The Morgan fingerprint density at radius 3 is 2.55 bits per heavy atom. The van der Waals surface area contributed by atoms with Crippen LogP contribution in [-0.2, 0) is 4.79 Å². The summed E-state index contributed by atoms with van der Waals surface area (Å²) in [6.45, 7) is 4.37. The van der Waals surface area contributed by atoms with E-state index >= 15 is 0 Å². The van der Waals surface area contributed by atoms with Gasteiger partial charge in [0.05, 0.1) is 23.3 Å². The first-order valence-electron chi connectivity index (χ1n) is 9.06. The highest BCUT2D eigenvalue weighted by atomic mass is 32.1. The summed E-state index contributed by atoms with van der Waals surface area (Å²) in [6, 6.07) is 14.4. The lowest BCUT2D eigenvalue weighted by Gasteiger charge is -2.19. The average Bonchev–Trinajstić information content (AvgIpc) is 3.24. The Kier molecular flexibility index (Phi) is 4.67. The molecule has 0 bridgehead atoms. The third-order valence-electron chi connectivity index (χ3n) is 4.78. The topological polar surface area (TPSA) is 95.1 Å². The van der Waals surface area contributed by atoms with E-state index in [1.54, 1.807) is 34.1 Å². The lowest BCUT2D eigenvalue weighted by Crippen LogP contribution is -2.33. The van der Waals surface area contributed by atoms with Gasteiger partial charge in [-0.3, -0.25) is 29.7 Å². The molecule has 0 atom stereocenters. The summed E-state index contributed by atoms with van der Waals surface area (Å²) in [4.78, 5) is 24.6. The molecule has 1 fully saturated rings. The second kappa shape index (κ2) is 7.17. The Morgan fingerprint density at radius 2 is 1.93 bits per heavy atom. The first kappa shape index (κ1) is 18.9. The highest BCUT2D eigenvalue weighted by molar-refractivity contribution is 7.71. The Labute approximate surface area is 172 Å². The van der Waals surface area contributed by atoms with Crippen molar-refractivity contribution in [1.29, 1.82) is 0 Å². The summed E-state index contributed by atoms with van der Waals surface area (Å²) >= 11 is 5.18. The lowest BCUT2D eigenvalue weighted by molar-refractivity contribution is -0.125. The van der Waals surface area contributed by atoms with Crippen molar-refractivity contribution < 1.29 is 9.59 Å². The van der Waals surface area contributed by atoms with Crippen LogP contribution in [0.1, 0.15) is 24.2 Å². The highest BCUT2D eigenvalue weighted by Gasteiger charge is 2.38. The largest absolute Gasteiger partial charge is 0.322 e. The number of nitrogens with zero attached hydrogens (tertiary/aromatic N) is 3. The number of hydrogen-bond donors (Lipinski definition) is 3. The van der Waals surface area contributed by atoms with Gasteiger partial charge >= 0.3 is 0 Å². The van der Waals surface area contributed by atoms with Gasteiger partial charge in [-0.25, -0.2) is 0 Å². The SMILES string of the molecule is CC1(C)CN(c2ccc(C(=O)Nc3cccc(-n4cn[nH]c4=S)c3)cc2)NC1=O. The van der Waals surface area contributed by atoms with E-state index in [0.29, 0.717) is 22.6 Å². The Balaban J connectivity index is 1.48. The van der Waals surface area contributed by atoms with Crippen LogP contribution in [0.3, 0.4) is 0 Å². The summed E-state index contributed by atoms with van der Waals surface area (Å²) in [5.74, 6) is -0.243. The predicted octanol–water partition coefficient (Wildman–Crippen LogP) is 3.06. The number of nitrogens with one attached hydrogen (secondary N) is 3. The minimum absolute atomic E-state index is 0.0167. The van der Waals surface area contributed by atoms with Gasteiger partial charge in [0.25, 0.3) is 5.91 Å². The number of rotatable bonds is 4. The minimum Gasteiger partial charge on any atom is -0.322 e.